The van der Waals surface area contributed by atoms with Gasteiger partial charge in [0, 0.05) is 13.0 Å². The lowest BCUT2D eigenvalue weighted by molar-refractivity contribution is -0.143. The number of nitrogens with zero attached hydrogens (tertiary/aromatic N) is 1. The Bertz CT molecular complexity index is 704. The highest BCUT2D eigenvalue weighted by atomic mass is 32.2. The lowest BCUT2D eigenvalue weighted by Gasteiger charge is -2.29. The van der Waals surface area contributed by atoms with Gasteiger partial charge in [0.2, 0.25) is 23.6 Å². The van der Waals surface area contributed by atoms with Gasteiger partial charge in [-0.1, -0.05) is 13.8 Å². The van der Waals surface area contributed by atoms with E-state index in [2.05, 4.69) is 10.6 Å². The van der Waals surface area contributed by atoms with Crippen LogP contribution >= 0.6 is 11.8 Å². The fourth-order valence-electron chi connectivity index (χ4n) is 3.37. The van der Waals surface area contributed by atoms with Crippen LogP contribution in [0.2, 0.25) is 0 Å². The number of primary amides is 1. The third-order valence-corrected chi connectivity index (χ3v) is 6.02. The Labute approximate surface area is 192 Å². The molecule has 0 radical (unpaired) electrons. The van der Waals surface area contributed by atoms with Gasteiger partial charge in [-0.05, 0) is 43.6 Å². The van der Waals surface area contributed by atoms with Crippen molar-refractivity contribution in [3.8, 4) is 0 Å². The van der Waals surface area contributed by atoms with Crippen LogP contribution in [0.3, 0.4) is 0 Å². The third-order valence-electron chi connectivity index (χ3n) is 5.38. The number of hydrogen-bond donors (Lipinski definition) is 5. The second kappa shape index (κ2) is 13.3. The summed E-state index contributed by atoms with van der Waals surface area (Å²) in [4.78, 5) is 62.5. The van der Waals surface area contributed by atoms with Gasteiger partial charge in [-0.25, -0.2) is 4.79 Å². The molecule has 182 valence electrons. The van der Waals surface area contributed by atoms with Crippen LogP contribution in [-0.2, 0) is 24.0 Å². The van der Waals surface area contributed by atoms with Crippen molar-refractivity contribution < 1.29 is 29.1 Å². The fourth-order valence-corrected chi connectivity index (χ4v) is 3.84. The van der Waals surface area contributed by atoms with Crippen LogP contribution in [0, 0.1) is 5.92 Å². The lowest BCUT2D eigenvalue weighted by atomic mass is 10.0. The Morgan fingerprint density at radius 2 is 1.78 bits per heavy atom. The van der Waals surface area contributed by atoms with Crippen molar-refractivity contribution in [2.75, 3.05) is 18.6 Å². The molecule has 4 amide bonds. The summed E-state index contributed by atoms with van der Waals surface area (Å²) in [5.74, 6) is -3.04. The topological polar surface area (TPSA) is 185 Å². The molecule has 0 bridgehead atoms. The van der Waals surface area contributed by atoms with E-state index in [1.54, 1.807) is 0 Å². The Kier molecular flexibility index (Phi) is 11.5. The van der Waals surface area contributed by atoms with Crippen molar-refractivity contribution in [2.24, 2.45) is 17.4 Å². The van der Waals surface area contributed by atoms with E-state index in [0.717, 1.165) is 0 Å². The smallest absolute Gasteiger partial charge is 0.326 e. The summed E-state index contributed by atoms with van der Waals surface area (Å²) in [6.45, 7) is 4.01. The summed E-state index contributed by atoms with van der Waals surface area (Å²) >= 11 is 1.44. The van der Waals surface area contributed by atoms with Gasteiger partial charge in [-0.2, -0.15) is 11.8 Å². The van der Waals surface area contributed by atoms with Crippen LogP contribution in [0.25, 0.3) is 0 Å². The number of amides is 4. The second-order valence-electron chi connectivity index (χ2n) is 8.21. The maximum absolute atomic E-state index is 12.9. The van der Waals surface area contributed by atoms with Crippen LogP contribution in [0.5, 0.6) is 0 Å². The molecule has 1 rings (SSSR count). The van der Waals surface area contributed by atoms with Crippen LogP contribution in [0.4, 0.5) is 0 Å². The molecule has 1 heterocycles. The number of carboxylic acids is 1. The summed E-state index contributed by atoms with van der Waals surface area (Å²) in [5.41, 5.74) is 11.1. The molecule has 4 atom stereocenters. The summed E-state index contributed by atoms with van der Waals surface area (Å²) in [7, 11) is 0. The zero-order valence-corrected chi connectivity index (χ0v) is 19.7. The number of nitrogens with one attached hydrogen (secondary N) is 2. The molecule has 0 spiro atoms. The molecule has 12 heteroatoms. The number of likely N-dealkylation sites (tertiary alicyclic amines) is 1. The maximum atomic E-state index is 12.9. The average molecular weight is 474 g/mol. The maximum Gasteiger partial charge on any atom is 0.326 e. The largest absolute Gasteiger partial charge is 0.480 e. The van der Waals surface area contributed by atoms with Gasteiger partial charge in [-0.3, -0.25) is 19.2 Å². The Hall–Kier alpha value is -2.34. The number of carboxylic acid groups (broad SMARTS) is 1. The molecule has 1 aliphatic rings. The zero-order chi connectivity index (χ0) is 24.4. The predicted octanol–water partition coefficient (Wildman–Crippen LogP) is -0.966. The average Bonchev–Trinajstić information content (AvgIpc) is 3.22. The first-order chi connectivity index (χ1) is 15.0. The molecule has 0 aliphatic carbocycles. The number of carbonyl (C=O) groups is 5. The number of rotatable bonds is 13. The minimum atomic E-state index is -1.19. The molecule has 0 aromatic heterocycles. The van der Waals surface area contributed by atoms with E-state index in [1.807, 2.05) is 20.1 Å². The summed E-state index contributed by atoms with van der Waals surface area (Å²) in [5, 5.41) is 14.3. The summed E-state index contributed by atoms with van der Waals surface area (Å²) in [6.07, 6.45) is 2.79. The number of hydrogen-bond acceptors (Lipinski definition) is 7. The third kappa shape index (κ3) is 8.30. The van der Waals surface area contributed by atoms with Gasteiger partial charge in [0.1, 0.15) is 18.1 Å². The summed E-state index contributed by atoms with van der Waals surface area (Å²) < 4.78 is 0. The van der Waals surface area contributed by atoms with Crippen molar-refractivity contribution in [1.29, 1.82) is 0 Å². The van der Waals surface area contributed by atoms with Crippen LogP contribution < -0.4 is 22.1 Å². The molecule has 1 fully saturated rings. The molecule has 7 N–H and O–H groups in total. The molecular weight excluding hydrogens is 438 g/mol. The first kappa shape index (κ1) is 27.7. The molecular formula is C20H35N5O6S. The van der Waals surface area contributed by atoms with Gasteiger partial charge < -0.3 is 32.1 Å². The Balaban J connectivity index is 2.93. The molecule has 0 saturated carbocycles. The molecule has 0 aromatic carbocycles. The van der Waals surface area contributed by atoms with E-state index in [1.165, 1.54) is 16.7 Å². The number of carbonyl (C=O) groups excluding carboxylic acids is 4. The highest BCUT2D eigenvalue weighted by molar-refractivity contribution is 7.98. The van der Waals surface area contributed by atoms with E-state index in [9.17, 15) is 29.1 Å². The van der Waals surface area contributed by atoms with Gasteiger partial charge >= 0.3 is 5.97 Å². The SMILES string of the molecule is CSCCC(NC(=O)C(CCC(N)=O)NC(=O)C1CCCN1C(=O)C(N)C(C)C)C(=O)O. The molecule has 11 nitrogen and oxygen atoms in total. The standard InChI is InChI=1S/C20H35N5O6S/c1-11(2)16(22)19(29)25-9-4-5-14(25)18(28)23-12(6-7-15(21)26)17(27)24-13(20(30)31)8-10-32-3/h11-14,16H,4-10,22H2,1-3H3,(H2,21,26)(H,23,28)(H,24,27)(H,30,31). The zero-order valence-electron chi connectivity index (χ0n) is 18.8. The number of thioether (sulfide) groups is 1. The predicted molar refractivity (Wildman–Crippen MR) is 120 cm³/mol. The van der Waals surface area contributed by atoms with E-state index in [-0.39, 0.29) is 31.1 Å². The molecule has 4 unspecified atom stereocenters. The number of nitrogens with two attached hydrogens (primary N) is 2. The van der Waals surface area contributed by atoms with Crippen molar-refractivity contribution in [3.05, 3.63) is 0 Å². The minimum Gasteiger partial charge on any atom is -0.480 e. The van der Waals surface area contributed by atoms with E-state index < -0.39 is 47.9 Å². The van der Waals surface area contributed by atoms with Crippen LogP contribution in [0.15, 0.2) is 0 Å². The molecule has 32 heavy (non-hydrogen) atoms. The van der Waals surface area contributed by atoms with Crippen molar-refractivity contribution in [3.63, 3.8) is 0 Å². The normalized spacial score (nSPS) is 18.7. The molecule has 1 saturated heterocycles. The van der Waals surface area contributed by atoms with E-state index in [4.69, 9.17) is 11.5 Å². The quantitative estimate of drug-likeness (QED) is 0.226. The van der Waals surface area contributed by atoms with Crippen LogP contribution in [0.1, 0.15) is 46.0 Å². The first-order valence-corrected chi connectivity index (χ1v) is 12.1. The molecule has 1 aliphatic heterocycles. The van der Waals surface area contributed by atoms with Gasteiger partial charge in [-0.15, -0.1) is 0 Å². The van der Waals surface area contributed by atoms with Gasteiger partial charge in [0.15, 0.2) is 0 Å². The van der Waals surface area contributed by atoms with Gasteiger partial charge in [0.05, 0.1) is 6.04 Å². The monoisotopic (exact) mass is 473 g/mol. The second-order valence-corrected chi connectivity index (χ2v) is 9.19. The highest BCUT2D eigenvalue weighted by Gasteiger charge is 2.38. The van der Waals surface area contributed by atoms with E-state index in [0.29, 0.717) is 25.1 Å². The van der Waals surface area contributed by atoms with Crippen molar-refractivity contribution in [2.45, 2.75) is 70.1 Å². The van der Waals surface area contributed by atoms with Crippen molar-refractivity contribution in [1.82, 2.24) is 15.5 Å². The minimum absolute atomic E-state index is 0.0893. The van der Waals surface area contributed by atoms with Crippen molar-refractivity contribution >= 4 is 41.4 Å². The number of aliphatic carboxylic acids is 1. The highest BCUT2D eigenvalue weighted by Crippen LogP contribution is 2.20. The van der Waals surface area contributed by atoms with Crippen LogP contribution in [-0.4, -0.2) is 82.3 Å². The molecule has 0 aromatic rings. The lowest BCUT2D eigenvalue weighted by Crippen LogP contribution is -2.57. The van der Waals surface area contributed by atoms with Gasteiger partial charge in [0.25, 0.3) is 0 Å². The Morgan fingerprint density at radius 1 is 1.12 bits per heavy atom. The first-order valence-electron chi connectivity index (χ1n) is 10.7. The Morgan fingerprint density at radius 3 is 2.31 bits per heavy atom. The summed E-state index contributed by atoms with van der Waals surface area (Å²) in [6, 6.07) is -3.83. The van der Waals surface area contributed by atoms with E-state index >= 15 is 0 Å². The fraction of sp³-hybridized carbons (Fsp3) is 0.750.